The number of fused-ring (bicyclic) bond motifs is 2. The molecule has 2 heterocycles. The van der Waals surface area contributed by atoms with Crippen molar-refractivity contribution in [2.75, 3.05) is 0 Å². The summed E-state index contributed by atoms with van der Waals surface area (Å²) in [6, 6.07) is 11.6. The van der Waals surface area contributed by atoms with E-state index in [0.29, 0.717) is 0 Å². The van der Waals surface area contributed by atoms with Crippen molar-refractivity contribution in [2.45, 2.75) is 38.6 Å². The molecule has 0 aliphatic heterocycles. The first-order valence-corrected chi connectivity index (χ1v) is 8.45. The Kier molecular flexibility index (Phi) is 3.76. The zero-order valence-corrected chi connectivity index (χ0v) is 13.7. The summed E-state index contributed by atoms with van der Waals surface area (Å²) in [6.45, 7) is 1.93. The van der Waals surface area contributed by atoms with Crippen LogP contribution in [0.15, 0.2) is 42.6 Å². The van der Waals surface area contributed by atoms with Gasteiger partial charge in [-0.2, -0.15) is 0 Å². The van der Waals surface area contributed by atoms with Crippen molar-refractivity contribution in [1.29, 1.82) is 0 Å². The average molecular weight is 320 g/mol. The summed E-state index contributed by atoms with van der Waals surface area (Å²) in [5.74, 6) is 0.667. The molecule has 1 aliphatic carbocycles. The smallest absolute Gasteiger partial charge is 0.251 e. The fourth-order valence-corrected chi connectivity index (χ4v) is 3.37. The van der Waals surface area contributed by atoms with Crippen LogP contribution in [0.2, 0.25) is 0 Å². The van der Waals surface area contributed by atoms with E-state index in [1.165, 1.54) is 24.0 Å². The van der Waals surface area contributed by atoms with Gasteiger partial charge in [-0.3, -0.25) is 9.20 Å². The van der Waals surface area contributed by atoms with Crippen LogP contribution >= 0.6 is 0 Å². The van der Waals surface area contributed by atoms with E-state index in [0.717, 1.165) is 29.9 Å². The Morgan fingerprint density at radius 1 is 1.12 bits per heavy atom. The van der Waals surface area contributed by atoms with Gasteiger partial charge in [-0.05, 0) is 68.0 Å². The monoisotopic (exact) mass is 320 g/mol. The molecule has 0 bridgehead atoms. The summed E-state index contributed by atoms with van der Waals surface area (Å²) in [7, 11) is 0. The van der Waals surface area contributed by atoms with E-state index in [9.17, 15) is 4.79 Å². The van der Waals surface area contributed by atoms with Crippen LogP contribution in [0, 0.1) is 0 Å². The second-order valence-electron chi connectivity index (χ2n) is 6.37. The molecule has 5 nitrogen and oxygen atoms in total. The van der Waals surface area contributed by atoms with Gasteiger partial charge in [0.25, 0.3) is 5.91 Å². The Morgan fingerprint density at radius 2 is 1.96 bits per heavy atom. The minimum Gasteiger partial charge on any atom is -0.342 e. The first-order chi connectivity index (χ1) is 11.7. The molecule has 1 unspecified atom stereocenters. The van der Waals surface area contributed by atoms with Gasteiger partial charge in [-0.15, -0.1) is 10.2 Å². The van der Waals surface area contributed by atoms with Gasteiger partial charge in [0.15, 0.2) is 11.5 Å². The van der Waals surface area contributed by atoms with E-state index in [1.54, 1.807) is 0 Å². The van der Waals surface area contributed by atoms with Crippen LogP contribution in [0.4, 0.5) is 0 Å². The van der Waals surface area contributed by atoms with Gasteiger partial charge in [0.2, 0.25) is 0 Å². The van der Waals surface area contributed by atoms with E-state index in [1.807, 2.05) is 47.9 Å². The normalized spacial score (nSPS) is 15.0. The number of pyridine rings is 1. The molecule has 2 aromatic heterocycles. The second-order valence-corrected chi connectivity index (χ2v) is 6.37. The number of nitrogens with zero attached hydrogens (tertiary/aromatic N) is 3. The van der Waals surface area contributed by atoms with Crippen LogP contribution in [0.3, 0.4) is 0 Å². The third-order valence-corrected chi connectivity index (χ3v) is 4.69. The molecule has 3 aromatic rings. The Bertz CT molecular complexity index is 899. The van der Waals surface area contributed by atoms with Crippen LogP contribution in [-0.4, -0.2) is 20.5 Å². The summed E-state index contributed by atoms with van der Waals surface area (Å²) in [4.78, 5) is 12.6. The second kappa shape index (κ2) is 6.07. The van der Waals surface area contributed by atoms with Crippen LogP contribution in [0.5, 0.6) is 0 Å². The predicted octanol–water partition coefficient (Wildman–Crippen LogP) is 3.10. The molecule has 4 rings (SSSR count). The highest BCUT2D eigenvalue weighted by Crippen LogP contribution is 2.22. The van der Waals surface area contributed by atoms with Crippen molar-refractivity contribution in [1.82, 2.24) is 19.9 Å². The SMILES string of the molecule is CC(NC(=O)c1ccc2c(c1)CCCC2)c1nnc2ccccn12. The van der Waals surface area contributed by atoms with Crippen molar-refractivity contribution < 1.29 is 4.79 Å². The minimum atomic E-state index is -0.217. The summed E-state index contributed by atoms with van der Waals surface area (Å²) in [5, 5.41) is 11.4. The molecule has 1 aliphatic rings. The van der Waals surface area contributed by atoms with Gasteiger partial charge >= 0.3 is 0 Å². The predicted molar refractivity (Wildman–Crippen MR) is 92.0 cm³/mol. The number of hydrogen-bond donors (Lipinski definition) is 1. The molecule has 0 spiro atoms. The number of hydrogen-bond acceptors (Lipinski definition) is 3. The average Bonchev–Trinajstić information content (AvgIpc) is 3.05. The molecular weight excluding hydrogens is 300 g/mol. The van der Waals surface area contributed by atoms with Crippen LogP contribution < -0.4 is 5.32 Å². The fraction of sp³-hybridized carbons (Fsp3) is 0.316. The van der Waals surface area contributed by atoms with Crippen molar-refractivity contribution in [3.05, 3.63) is 65.1 Å². The largest absolute Gasteiger partial charge is 0.342 e. The molecule has 1 amide bonds. The van der Waals surface area contributed by atoms with E-state index in [4.69, 9.17) is 0 Å². The molecule has 5 heteroatoms. The lowest BCUT2D eigenvalue weighted by Crippen LogP contribution is -2.28. The molecular formula is C19H20N4O. The number of carbonyl (C=O) groups excluding carboxylic acids is 1. The third-order valence-electron chi connectivity index (χ3n) is 4.69. The lowest BCUT2D eigenvalue weighted by atomic mass is 9.90. The van der Waals surface area contributed by atoms with Gasteiger partial charge in [0.1, 0.15) is 0 Å². The Morgan fingerprint density at radius 3 is 2.83 bits per heavy atom. The Labute approximate surface area is 140 Å². The van der Waals surface area contributed by atoms with Crippen molar-refractivity contribution in [3.63, 3.8) is 0 Å². The van der Waals surface area contributed by atoms with Crippen LogP contribution in [-0.2, 0) is 12.8 Å². The molecule has 0 radical (unpaired) electrons. The van der Waals surface area contributed by atoms with E-state index >= 15 is 0 Å². The summed E-state index contributed by atoms with van der Waals surface area (Å²) < 4.78 is 1.90. The maximum absolute atomic E-state index is 12.6. The van der Waals surface area contributed by atoms with Gasteiger partial charge < -0.3 is 5.32 Å². The number of aryl methyl sites for hydroxylation is 2. The lowest BCUT2D eigenvalue weighted by molar-refractivity contribution is 0.0938. The van der Waals surface area contributed by atoms with Crippen molar-refractivity contribution >= 4 is 11.6 Å². The van der Waals surface area contributed by atoms with Crippen LogP contribution in [0.1, 0.15) is 53.1 Å². The molecule has 24 heavy (non-hydrogen) atoms. The number of rotatable bonds is 3. The molecule has 1 aromatic carbocycles. The summed E-state index contributed by atoms with van der Waals surface area (Å²) in [5.41, 5.74) is 4.20. The van der Waals surface area contributed by atoms with Crippen molar-refractivity contribution in [3.8, 4) is 0 Å². The van der Waals surface area contributed by atoms with E-state index in [2.05, 4.69) is 21.6 Å². The maximum Gasteiger partial charge on any atom is 0.251 e. The Balaban J connectivity index is 1.55. The van der Waals surface area contributed by atoms with Gasteiger partial charge in [-0.25, -0.2) is 0 Å². The third kappa shape index (κ3) is 2.66. The topological polar surface area (TPSA) is 59.3 Å². The first-order valence-electron chi connectivity index (χ1n) is 8.45. The molecule has 1 atom stereocenters. The number of benzene rings is 1. The maximum atomic E-state index is 12.6. The fourth-order valence-electron chi connectivity index (χ4n) is 3.37. The number of nitrogens with one attached hydrogen (secondary N) is 1. The van der Waals surface area contributed by atoms with Gasteiger partial charge in [0, 0.05) is 11.8 Å². The van der Waals surface area contributed by atoms with Crippen LogP contribution in [0.25, 0.3) is 5.65 Å². The molecule has 1 N–H and O–H groups in total. The van der Waals surface area contributed by atoms with Gasteiger partial charge in [-0.1, -0.05) is 12.1 Å². The Hall–Kier alpha value is -2.69. The standard InChI is InChI=1S/C19H20N4O/c1-13(18-22-21-17-8-4-5-11-23(17)18)20-19(24)16-10-9-14-6-2-3-7-15(14)12-16/h4-5,8-13H,2-3,6-7H2,1H3,(H,20,24). The number of amides is 1. The van der Waals surface area contributed by atoms with Crippen molar-refractivity contribution in [2.24, 2.45) is 0 Å². The molecule has 0 saturated heterocycles. The zero-order chi connectivity index (χ0) is 16.5. The molecule has 0 fully saturated rings. The van der Waals surface area contributed by atoms with E-state index in [-0.39, 0.29) is 11.9 Å². The molecule has 122 valence electrons. The summed E-state index contributed by atoms with van der Waals surface area (Å²) in [6.07, 6.45) is 6.56. The minimum absolute atomic E-state index is 0.0662. The quantitative estimate of drug-likeness (QED) is 0.807. The number of aromatic nitrogens is 3. The van der Waals surface area contributed by atoms with Gasteiger partial charge in [0.05, 0.1) is 6.04 Å². The summed E-state index contributed by atoms with van der Waals surface area (Å²) >= 11 is 0. The highest BCUT2D eigenvalue weighted by atomic mass is 16.1. The zero-order valence-electron chi connectivity index (χ0n) is 13.7. The highest BCUT2D eigenvalue weighted by molar-refractivity contribution is 5.94. The number of carbonyl (C=O) groups is 1. The first kappa shape index (κ1) is 14.9. The highest BCUT2D eigenvalue weighted by Gasteiger charge is 2.18. The lowest BCUT2D eigenvalue weighted by Gasteiger charge is -2.17. The molecule has 0 saturated carbocycles. The van der Waals surface area contributed by atoms with E-state index < -0.39 is 0 Å².